The first-order valence-electron chi connectivity index (χ1n) is 11.9. The fourth-order valence-corrected chi connectivity index (χ4v) is 4.00. The Labute approximate surface area is 243 Å². The van der Waals surface area contributed by atoms with Gasteiger partial charge in [-0.2, -0.15) is 0 Å². The van der Waals surface area contributed by atoms with Gasteiger partial charge in [0.1, 0.15) is 6.04 Å². The van der Waals surface area contributed by atoms with E-state index in [1.165, 1.54) is 24.9 Å². The Hall–Kier alpha value is -6.45. The number of rotatable bonds is 7. The number of H-pyrrole nitrogens is 1. The summed E-state index contributed by atoms with van der Waals surface area (Å²) in [4.78, 5) is 59.8. The molecule has 232 valence electrons. The minimum Gasteiger partial charge on any atom is -0.863 e. The summed E-state index contributed by atoms with van der Waals surface area (Å²) < 4.78 is 0. The molecule has 0 radical (unpaired) electrons. The molecule has 1 saturated heterocycles. The number of nitro benzene ring substituents is 6. The topological polar surface area (TPSA) is 324 Å². The van der Waals surface area contributed by atoms with Crippen molar-refractivity contribution in [3.8, 4) is 11.5 Å². The number of nitrogens with one attached hydrogen (secondary N) is 2. The van der Waals surface area contributed by atoms with Crippen molar-refractivity contribution in [3.63, 3.8) is 0 Å². The summed E-state index contributed by atoms with van der Waals surface area (Å²) in [6.07, 6.45) is 6.79. The maximum Gasteiger partial charge on any atom is 0.283 e. The molecular formula is C22H20N8O14. The zero-order chi connectivity index (χ0) is 33.3. The van der Waals surface area contributed by atoms with Gasteiger partial charge in [-0.1, -0.05) is 0 Å². The number of non-ortho nitro benzene ring substituents is 2. The molecule has 0 aliphatic carbocycles. The zero-order valence-electron chi connectivity index (χ0n) is 22.2. The van der Waals surface area contributed by atoms with Crippen LogP contribution in [-0.4, -0.2) is 43.1 Å². The van der Waals surface area contributed by atoms with E-state index in [0.717, 1.165) is 6.04 Å². The second kappa shape index (κ2) is 14.4. The molecule has 0 spiro atoms. The van der Waals surface area contributed by atoms with E-state index in [1.807, 2.05) is 6.20 Å². The first kappa shape index (κ1) is 33.8. The summed E-state index contributed by atoms with van der Waals surface area (Å²) in [5, 5.41) is 84.2. The minimum atomic E-state index is -1.46. The Bertz CT molecular complexity index is 1460. The minimum absolute atomic E-state index is 0.384. The number of likely N-dealkylation sites (tertiary alicyclic amines) is 1. The Kier molecular flexibility index (Phi) is 11.1. The molecule has 1 aromatic heterocycles. The van der Waals surface area contributed by atoms with Crippen LogP contribution in [0.3, 0.4) is 0 Å². The lowest BCUT2D eigenvalue weighted by molar-refractivity contribution is -0.898. The van der Waals surface area contributed by atoms with Gasteiger partial charge in [-0.3, -0.25) is 60.7 Å². The molecule has 0 bridgehead atoms. The SMILES string of the molecule is C[NH+]1CCCC1c1ccc[nH+]c1.O=[N+]([O-])c1cc([N+](=O)[O-])c([O-])c([N+](=O)[O-])c1.O=[N+]([O-])c1cc([N+](=O)[O-])c([O-])c([N+](=O)[O-])c1. The predicted molar refractivity (Wildman–Crippen MR) is 138 cm³/mol. The van der Waals surface area contributed by atoms with Gasteiger partial charge < -0.3 is 15.1 Å². The largest absolute Gasteiger partial charge is 0.863 e. The molecule has 2 heterocycles. The highest BCUT2D eigenvalue weighted by atomic mass is 16.7. The molecule has 44 heavy (non-hydrogen) atoms. The number of quaternary nitrogens is 1. The highest BCUT2D eigenvalue weighted by molar-refractivity contribution is 5.64. The van der Waals surface area contributed by atoms with E-state index >= 15 is 0 Å². The van der Waals surface area contributed by atoms with E-state index in [2.05, 4.69) is 30.4 Å². The molecule has 2 atom stereocenters. The van der Waals surface area contributed by atoms with Gasteiger partial charge in [-0.15, -0.1) is 0 Å². The molecule has 22 nitrogen and oxygen atoms in total. The van der Waals surface area contributed by atoms with E-state index in [9.17, 15) is 70.9 Å². The zero-order valence-corrected chi connectivity index (χ0v) is 22.2. The molecular weight excluding hydrogens is 600 g/mol. The molecule has 1 fully saturated rings. The number of hydrogen-bond donors (Lipinski definition) is 1. The van der Waals surface area contributed by atoms with Crippen molar-refractivity contribution in [1.82, 2.24) is 0 Å². The third-order valence-electron chi connectivity index (χ3n) is 6.07. The van der Waals surface area contributed by atoms with Crippen molar-refractivity contribution in [2.45, 2.75) is 18.9 Å². The first-order chi connectivity index (χ1) is 20.6. The summed E-state index contributed by atoms with van der Waals surface area (Å²) in [6.45, 7) is 1.32. The molecule has 4 rings (SSSR count). The molecule has 2 N–H and O–H groups in total. The van der Waals surface area contributed by atoms with Crippen molar-refractivity contribution in [2.24, 2.45) is 0 Å². The molecule has 0 amide bonds. The number of aromatic amines is 1. The highest BCUT2D eigenvalue weighted by Gasteiger charge is 2.28. The van der Waals surface area contributed by atoms with Crippen LogP contribution in [-0.2, 0) is 0 Å². The van der Waals surface area contributed by atoms with E-state index in [1.54, 1.807) is 4.90 Å². The number of pyridine rings is 1. The normalized spacial score (nSPS) is 15.0. The van der Waals surface area contributed by atoms with Crippen LogP contribution in [0.4, 0.5) is 34.1 Å². The van der Waals surface area contributed by atoms with Crippen LogP contribution in [0.2, 0.25) is 0 Å². The van der Waals surface area contributed by atoms with Crippen LogP contribution in [0.25, 0.3) is 0 Å². The van der Waals surface area contributed by atoms with E-state index in [0.29, 0.717) is 24.3 Å². The maximum atomic E-state index is 11.1. The van der Waals surface area contributed by atoms with Crippen molar-refractivity contribution < 1.29 is 49.6 Å². The third-order valence-corrected chi connectivity index (χ3v) is 6.07. The van der Waals surface area contributed by atoms with Crippen LogP contribution in [0.15, 0.2) is 48.8 Å². The second-order valence-corrected chi connectivity index (χ2v) is 8.80. The maximum absolute atomic E-state index is 11.1. The molecule has 0 saturated carbocycles. The van der Waals surface area contributed by atoms with Gasteiger partial charge in [-0.05, 0) is 6.07 Å². The Morgan fingerprint density at radius 3 is 1.32 bits per heavy atom. The molecule has 22 heteroatoms. The standard InChI is InChI=1S/C10H14N2.2C6H3N3O7/c1-12-7-3-5-10(12)9-4-2-6-11-8-9;2*10-6-4(8(13)14)1-3(7(11)12)2-5(6)9(15)16/h2,4,6,8,10H,3,5,7H2,1H3;2*1-2,10H. The molecule has 2 aromatic carbocycles. The van der Waals surface area contributed by atoms with Gasteiger partial charge in [-0.25, -0.2) is 4.98 Å². The number of nitro groups is 6. The van der Waals surface area contributed by atoms with Crippen molar-refractivity contribution in [3.05, 3.63) is 115 Å². The second-order valence-electron chi connectivity index (χ2n) is 8.80. The van der Waals surface area contributed by atoms with Crippen LogP contribution < -0.4 is 20.1 Å². The number of benzene rings is 2. The van der Waals surface area contributed by atoms with Gasteiger partial charge in [0.15, 0.2) is 12.4 Å². The fourth-order valence-electron chi connectivity index (χ4n) is 4.00. The average Bonchev–Trinajstić information content (AvgIpc) is 3.39. The Balaban J connectivity index is 0.000000232. The van der Waals surface area contributed by atoms with Crippen LogP contribution in [0.5, 0.6) is 11.5 Å². The van der Waals surface area contributed by atoms with Gasteiger partial charge in [0.05, 0.1) is 84.5 Å². The Morgan fingerprint density at radius 2 is 1.07 bits per heavy atom. The molecule has 2 unspecified atom stereocenters. The lowest BCUT2D eigenvalue weighted by Gasteiger charge is -2.14. The summed E-state index contributed by atoms with van der Waals surface area (Å²) >= 11 is 0. The van der Waals surface area contributed by atoms with Crippen molar-refractivity contribution in [1.29, 1.82) is 0 Å². The lowest BCUT2D eigenvalue weighted by atomic mass is 10.1. The average molecular weight is 620 g/mol. The van der Waals surface area contributed by atoms with E-state index in [4.69, 9.17) is 0 Å². The summed E-state index contributed by atoms with van der Waals surface area (Å²) in [5.41, 5.74) is -5.08. The van der Waals surface area contributed by atoms with Crippen LogP contribution in [0, 0.1) is 60.7 Å². The number of hydrogen-bond acceptors (Lipinski definition) is 14. The lowest BCUT2D eigenvalue weighted by Crippen LogP contribution is -3.07. The smallest absolute Gasteiger partial charge is 0.283 e. The van der Waals surface area contributed by atoms with E-state index < -0.39 is 75.2 Å². The first-order valence-corrected chi connectivity index (χ1v) is 11.9. The molecule has 1 aliphatic heterocycles. The summed E-state index contributed by atoms with van der Waals surface area (Å²) in [5.74, 6) is -2.92. The van der Waals surface area contributed by atoms with E-state index in [-0.39, 0.29) is 0 Å². The van der Waals surface area contributed by atoms with Crippen molar-refractivity contribution >= 4 is 34.1 Å². The summed E-state index contributed by atoms with van der Waals surface area (Å²) in [7, 11) is 2.28. The monoisotopic (exact) mass is 620 g/mol. The number of aromatic nitrogens is 1. The fraction of sp³-hybridized carbons (Fsp3) is 0.227. The Morgan fingerprint density at radius 1 is 0.682 bits per heavy atom. The third kappa shape index (κ3) is 8.29. The van der Waals surface area contributed by atoms with Gasteiger partial charge >= 0.3 is 0 Å². The van der Waals surface area contributed by atoms with Crippen molar-refractivity contribution in [2.75, 3.05) is 13.6 Å². The number of nitrogens with zero attached hydrogens (tertiary/aromatic N) is 6. The molecule has 1 aliphatic rings. The van der Waals surface area contributed by atoms with Gasteiger partial charge in [0.2, 0.25) is 0 Å². The quantitative estimate of drug-likeness (QED) is 0.282. The predicted octanol–water partition coefficient (Wildman–Crippen LogP) is 0.820. The molecule has 3 aromatic rings. The van der Waals surface area contributed by atoms with Gasteiger partial charge in [0.25, 0.3) is 34.1 Å². The van der Waals surface area contributed by atoms with Crippen LogP contribution >= 0.6 is 0 Å². The van der Waals surface area contributed by atoms with Gasteiger partial charge in [0, 0.05) is 18.9 Å². The van der Waals surface area contributed by atoms with Crippen LogP contribution in [0.1, 0.15) is 24.4 Å². The highest BCUT2D eigenvalue weighted by Crippen LogP contribution is 2.38. The summed E-state index contributed by atoms with van der Waals surface area (Å²) in [6, 6.07) is 6.56.